The highest BCUT2D eigenvalue weighted by Gasteiger charge is 2.28. The Morgan fingerprint density at radius 3 is 3.00 bits per heavy atom. The summed E-state index contributed by atoms with van der Waals surface area (Å²) in [6, 6.07) is 0. The summed E-state index contributed by atoms with van der Waals surface area (Å²) in [5.41, 5.74) is 5.99. The van der Waals surface area contributed by atoms with Crippen LogP contribution in [0.25, 0.3) is 0 Å². The fourth-order valence-corrected chi connectivity index (χ4v) is 2.33. The minimum Gasteiger partial charge on any atom is -0.375 e. The van der Waals surface area contributed by atoms with Crippen LogP contribution in [-0.2, 0) is 12.8 Å². The van der Waals surface area contributed by atoms with Gasteiger partial charge in [-0.05, 0) is 38.5 Å². The van der Waals surface area contributed by atoms with E-state index in [9.17, 15) is 0 Å². The van der Waals surface area contributed by atoms with E-state index < -0.39 is 5.41 Å². The summed E-state index contributed by atoms with van der Waals surface area (Å²) in [6.07, 6.45) is 2.38. The highest BCUT2D eigenvalue weighted by molar-refractivity contribution is 7.15. The summed E-state index contributed by atoms with van der Waals surface area (Å²) in [7, 11) is 0. The van der Waals surface area contributed by atoms with Gasteiger partial charge in [0.2, 0.25) is 0 Å². The van der Waals surface area contributed by atoms with Crippen LogP contribution in [0.15, 0.2) is 0 Å². The van der Waals surface area contributed by atoms with Crippen molar-refractivity contribution >= 4 is 16.5 Å². The predicted octanol–water partition coefficient (Wildman–Crippen LogP) is 1.62. The Labute approximate surface area is 76.8 Å². The summed E-state index contributed by atoms with van der Waals surface area (Å²) in [5.74, 6) is 0. The van der Waals surface area contributed by atoms with Crippen molar-refractivity contribution in [2.75, 3.05) is 5.73 Å². The molecule has 1 aliphatic rings. The Bertz CT molecular complexity index is 301. The molecule has 12 heavy (non-hydrogen) atoms. The first-order valence-corrected chi connectivity index (χ1v) is 4.70. The highest BCUT2D eigenvalue weighted by Crippen LogP contribution is 2.36. The third-order valence-corrected chi connectivity index (χ3v) is 3.10. The monoisotopic (exact) mass is 178 g/mol. The van der Waals surface area contributed by atoms with Crippen molar-refractivity contribution in [3.8, 4) is 0 Å². The van der Waals surface area contributed by atoms with Gasteiger partial charge in [0.15, 0.2) is 5.13 Å². The fourth-order valence-electron chi connectivity index (χ4n) is 1.48. The second-order valence-electron chi connectivity index (χ2n) is 3.33. The maximum absolute atomic E-state index is 5.80. The number of nitrogens with two attached hydrogens (primary N) is 1. The summed E-state index contributed by atoms with van der Waals surface area (Å²) >= 11 is 1.55. The molecular weight excluding hydrogens is 168 g/mol. The first-order chi connectivity index (χ1) is 5.57. The molecule has 0 spiro atoms. The molecule has 0 saturated carbocycles. The highest BCUT2D eigenvalue weighted by atomic mass is 32.1. The van der Waals surface area contributed by atoms with E-state index in [2.05, 4.69) is 4.98 Å². The first kappa shape index (κ1) is 8.05. The molecule has 0 atom stereocenters. The Kier molecular flexibility index (Phi) is 1.65. The molecule has 0 unspecified atom stereocenters. The molecule has 1 heterocycles. The molecule has 2 N–H and O–H groups in total. The van der Waals surface area contributed by atoms with Crippen molar-refractivity contribution in [1.29, 1.82) is 0 Å². The molecule has 0 aliphatic heterocycles. The van der Waals surface area contributed by atoms with E-state index in [1.54, 1.807) is 11.3 Å². The van der Waals surface area contributed by atoms with Crippen LogP contribution in [0.1, 0.15) is 17.0 Å². The Morgan fingerprint density at radius 2 is 2.25 bits per heavy atom. The second kappa shape index (κ2) is 2.46. The zero-order valence-electron chi connectivity index (χ0n) is 6.71. The number of hydrogen-bond acceptors (Lipinski definition) is 3. The molecule has 2 nitrogen and oxygen atoms in total. The minimum absolute atomic E-state index is 0.576. The van der Waals surface area contributed by atoms with Gasteiger partial charge in [0.25, 0.3) is 0 Å². The molecule has 1 aromatic rings. The van der Waals surface area contributed by atoms with Gasteiger partial charge in [-0.3, -0.25) is 0 Å². The molecule has 62 valence electrons. The lowest BCUT2D eigenvalue weighted by Gasteiger charge is -2.27. The lowest BCUT2D eigenvalue weighted by atomic mass is 9.79. The molecular formula is C9H10N2S. The van der Waals surface area contributed by atoms with Crippen LogP contribution >= 0.6 is 11.3 Å². The van der Waals surface area contributed by atoms with Crippen molar-refractivity contribution in [3.63, 3.8) is 0 Å². The van der Waals surface area contributed by atoms with Crippen LogP contribution < -0.4 is 5.73 Å². The number of nitrogens with zero attached hydrogens (tertiary/aromatic N) is 1. The molecule has 0 amide bonds. The van der Waals surface area contributed by atoms with Crippen molar-refractivity contribution in [3.05, 3.63) is 24.4 Å². The largest absolute Gasteiger partial charge is 0.375 e. The van der Waals surface area contributed by atoms with Crippen LogP contribution in [0.3, 0.4) is 0 Å². The van der Waals surface area contributed by atoms with Gasteiger partial charge in [-0.1, -0.05) is 0 Å². The van der Waals surface area contributed by atoms with Crippen LogP contribution in [0, 0.1) is 19.3 Å². The summed E-state index contributed by atoms with van der Waals surface area (Å²) in [6.45, 7) is 11.6. The number of nitrogen functional groups attached to an aromatic ring is 1. The molecule has 1 aromatic heterocycles. The van der Waals surface area contributed by atoms with E-state index in [0.29, 0.717) is 11.6 Å². The predicted molar refractivity (Wildman–Crippen MR) is 49.6 cm³/mol. The van der Waals surface area contributed by atoms with Crippen LogP contribution in [0.5, 0.6) is 0 Å². The quantitative estimate of drug-likeness (QED) is 0.655. The Balaban J connectivity index is 2.34. The van der Waals surface area contributed by atoms with E-state index in [4.69, 9.17) is 19.6 Å². The van der Waals surface area contributed by atoms with Crippen LogP contribution in [0.2, 0.25) is 0 Å². The van der Waals surface area contributed by atoms with E-state index in [1.807, 2.05) is 0 Å². The zero-order chi connectivity index (χ0) is 8.77. The summed E-state index contributed by atoms with van der Waals surface area (Å²) in [5, 5.41) is 0.623. The normalized spacial score (nSPS) is 20.5. The van der Waals surface area contributed by atoms with E-state index in [1.165, 1.54) is 4.88 Å². The number of fused-ring (bicyclic) bond motifs is 1. The SMILES string of the molecule is [CH]C1([CH])CCc2sc(N)nc2C1. The summed E-state index contributed by atoms with van der Waals surface area (Å²) < 4.78 is 0. The van der Waals surface area contributed by atoms with Gasteiger partial charge in [-0.25, -0.2) is 4.98 Å². The lowest BCUT2D eigenvalue weighted by molar-refractivity contribution is 0.412. The van der Waals surface area contributed by atoms with Gasteiger partial charge in [-0.15, -0.1) is 11.3 Å². The van der Waals surface area contributed by atoms with E-state index in [-0.39, 0.29) is 0 Å². The number of hydrogen-bond donors (Lipinski definition) is 1. The second-order valence-corrected chi connectivity index (χ2v) is 4.45. The van der Waals surface area contributed by atoms with Gasteiger partial charge < -0.3 is 5.73 Å². The first-order valence-electron chi connectivity index (χ1n) is 3.89. The summed E-state index contributed by atoms with van der Waals surface area (Å²) in [4.78, 5) is 5.43. The van der Waals surface area contributed by atoms with Crippen molar-refractivity contribution in [2.45, 2.75) is 19.3 Å². The third kappa shape index (κ3) is 1.33. The van der Waals surface area contributed by atoms with Gasteiger partial charge in [-0.2, -0.15) is 0 Å². The number of thiazole rings is 1. The third-order valence-electron chi connectivity index (χ3n) is 2.11. The van der Waals surface area contributed by atoms with Crippen molar-refractivity contribution in [2.24, 2.45) is 5.41 Å². The molecule has 3 heteroatoms. The number of anilines is 1. The number of aryl methyl sites for hydroxylation is 1. The number of aromatic nitrogens is 1. The molecule has 0 fully saturated rings. The van der Waals surface area contributed by atoms with E-state index in [0.717, 1.165) is 18.5 Å². The zero-order valence-corrected chi connectivity index (χ0v) is 7.53. The average Bonchev–Trinajstić information content (AvgIpc) is 2.26. The lowest BCUT2D eigenvalue weighted by Crippen LogP contribution is -2.22. The maximum Gasteiger partial charge on any atom is 0.180 e. The molecule has 0 bridgehead atoms. The van der Waals surface area contributed by atoms with Gasteiger partial charge in [0, 0.05) is 4.88 Å². The average molecular weight is 178 g/mol. The fraction of sp³-hybridized carbons (Fsp3) is 0.444. The maximum atomic E-state index is 5.80. The van der Waals surface area contributed by atoms with E-state index >= 15 is 0 Å². The van der Waals surface area contributed by atoms with Gasteiger partial charge >= 0.3 is 0 Å². The molecule has 2 rings (SSSR count). The van der Waals surface area contributed by atoms with Crippen molar-refractivity contribution in [1.82, 2.24) is 4.98 Å². The molecule has 0 aromatic carbocycles. The van der Waals surface area contributed by atoms with Gasteiger partial charge in [0.05, 0.1) is 5.69 Å². The smallest absolute Gasteiger partial charge is 0.180 e. The van der Waals surface area contributed by atoms with Crippen molar-refractivity contribution < 1.29 is 0 Å². The van der Waals surface area contributed by atoms with Crippen LogP contribution in [0.4, 0.5) is 5.13 Å². The standard InChI is InChI=1S/C9H10N2S/c1-9(2)4-3-7-6(5-9)11-8(10)12-7/h1-2H,3-5H2,(H2,10,11). The van der Waals surface area contributed by atoms with Gasteiger partial charge in [0.1, 0.15) is 0 Å². The minimum atomic E-state index is -0.576. The molecule has 1 aliphatic carbocycles. The topological polar surface area (TPSA) is 38.9 Å². The molecule has 0 saturated heterocycles. The number of rotatable bonds is 0. The Morgan fingerprint density at radius 1 is 1.50 bits per heavy atom. The van der Waals surface area contributed by atoms with Crippen LogP contribution in [-0.4, -0.2) is 4.98 Å². The Hall–Kier alpha value is -0.570. The molecule has 4 radical (unpaired) electrons.